The topological polar surface area (TPSA) is 67.2 Å². The van der Waals surface area contributed by atoms with E-state index in [0.717, 1.165) is 37.2 Å². The minimum absolute atomic E-state index is 0.117. The van der Waals surface area contributed by atoms with Crippen molar-refractivity contribution in [2.75, 3.05) is 18.4 Å². The first kappa shape index (κ1) is 21.6. The molecule has 1 aromatic heterocycles. The molecule has 6 nitrogen and oxygen atoms in total. The SMILES string of the molecule is Cn1c(-c2cccc(Cl)c2)cnc1NC(=O)C1CC=CCC1C(=O)N1CCCCCC1. The number of hydrogen-bond donors (Lipinski definition) is 1. The van der Waals surface area contributed by atoms with Gasteiger partial charge in [-0.2, -0.15) is 0 Å². The van der Waals surface area contributed by atoms with Crippen LogP contribution in [0.1, 0.15) is 38.5 Å². The van der Waals surface area contributed by atoms with Crippen LogP contribution in [0.3, 0.4) is 0 Å². The van der Waals surface area contributed by atoms with Gasteiger partial charge in [0.25, 0.3) is 0 Å². The summed E-state index contributed by atoms with van der Waals surface area (Å²) in [5.41, 5.74) is 1.79. The fourth-order valence-electron chi connectivity index (χ4n) is 4.55. The summed E-state index contributed by atoms with van der Waals surface area (Å²) in [5.74, 6) is -0.256. The molecule has 1 N–H and O–H groups in total. The minimum Gasteiger partial charge on any atom is -0.342 e. The molecule has 1 aromatic carbocycles. The number of hydrogen-bond acceptors (Lipinski definition) is 3. The number of carbonyl (C=O) groups is 2. The van der Waals surface area contributed by atoms with Gasteiger partial charge in [-0.1, -0.05) is 48.7 Å². The molecule has 31 heavy (non-hydrogen) atoms. The summed E-state index contributed by atoms with van der Waals surface area (Å²) in [6.45, 7) is 1.60. The Bertz CT molecular complexity index is 976. The van der Waals surface area contributed by atoms with Gasteiger partial charge in [0.15, 0.2) is 0 Å². The Hall–Kier alpha value is -2.60. The summed E-state index contributed by atoms with van der Waals surface area (Å²) in [4.78, 5) is 32.8. The first-order valence-corrected chi connectivity index (χ1v) is 11.4. The zero-order valence-electron chi connectivity index (χ0n) is 17.9. The molecular formula is C24H29ClN4O2. The van der Waals surface area contributed by atoms with E-state index in [2.05, 4.69) is 10.3 Å². The molecule has 2 aliphatic rings. The maximum atomic E-state index is 13.2. The Kier molecular flexibility index (Phi) is 6.76. The van der Waals surface area contributed by atoms with Gasteiger partial charge >= 0.3 is 0 Å². The molecule has 1 aliphatic carbocycles. The van der Waals surface area contributed by atoms with Crippen LogP contribution in [0.2, 0.25) is 5.02 Å². The van der Waals surface area contributed by atoms with Crippen molar-refractivity contribution in [3.05, 3.63) is 47.6 Å². The van der Waals surface area contributed by atoms with Crippen LogP contribution in [0.5, 0.6) is 0 Å². The lowest BCUT2D eigenvalue weighted by atomic mass is 9.81. The zero-order chi connectivity index (χ0) is 21.8. The fraction of sp³-hybridized carbons (Fsp3) is 0.458. The first-order chi connectivity index (χ1) is 15.0. The lowest BCUT2D eigenvalue weighted by Crippen LogP contribution is -2.43. The van der Waals surface area contributed by atoms with E-state index < -0.39 is 0 Å². The molecule has 0 radical (unpaired) electrons. The van der Waals surface area contributed by atoms with Crippen molar-refractivity contribution in [1.82, 2.24) is 14.5 Å². The summed E-state index contributed by atoms with van der Waals surface area (Å²) in [6, 6.07) is 7.53. The number of benzene rings is 1. The maximum Gasteiger partial charge on any atom is 0.230 e. The van der Waals surface area contributed by atoms with Gasteiger partial charge in [0.05, 0.1) is 23.7 Å². The van der Waals surface area contributed by atoms with Gasteiger partial charge in [0, 0.05) is 30.7 Å². The van der Waals surface area contributed by atoms with E-state index >= 15 is 0 Å². The molecule has 1 saturated heterocycles. The summed E-state index contributed by atoms with van der Waals surface area (Å²) in [7, 11) is 1.86. The number of halogens is 1. The summed E-state index contributed by atoms with van der Waals surface area (Å²) >= 11 is 6.12. The molecule has 0 bridgehead atoms. The van der Waals surface area contributed by atoms with Crippen LogP contribution in [-0.4, -0.2) is 39.4 Å². The number of imidazole rings is 1. The number of nitrogens with zero attached hydrogens (tertiary/aromatic N) is 3. The predicted octanol–water partition coefficient (Wildman–Crippen LogP) is 4.66. The molecular weight excluding hydrogens is 412 g/mol. The van der Waals surface area contributed by atoms with E-state index in [1.807, 2.05) is 52.9 Å². The quantitative estimate of drug-likeness (QED) is 0.703. The molecule has 2 unspecified atom stereocenters. The second-order valence-electron chi connectivity index (χ2n) is 8.42. The van der Waals surface area contributed by atoms with Gasteiger partial charge in [0.2, 0.25) is 17.8 Å². The number of nitrogens with one attached hydrogen (secondary N) is 1. The van der Waals surface area contributed by atoms with E-state index in [-0.39, 0.29) is 23.7 Å². The molecule has 2 atom stereocenters. The summed E-state index contributed by atoms with van der Waals surface area (Å²) in [6.07, 6.45) is 11.4. The smallest absolute Gasteiger partial charge is 0.230 e. The molecule has 2 aromatic rings. The molecule has 164 valence electrons. The Balaban J connectivity index is 1.49. The van der Waals surface area contributed by atoms with Crippen molar-refractivity contribution in [3.63, 3.8) is 0 Å². The highest BCUT2D eigenvalue weighted by Gasteiger charge is 2.36. The molecule has 0 saturated carbocycles. The van der Waals surface area contributed by atoms with Crippen LogP contribution in [0, 0.1) is 11.8 Å². The van der Waals surface area contributed by atoms with Crippen molar-refractivity contribution in [2.45, 2.75) is 38.5 Å². The Morgan fingerprint density at radius 3 is 2.48 bits per heavy atom. The van der Waals surface area contributed by atoms with E-state index in [1.54, 1.807) is 6.20 Å². The van der Waals surface area contributed by atoms with E-state index in [9.17, 15) is 9.59 Å². The van der Waals surface area contributed by atoms with Crippen LogP contribution in [0.4, 0.5) is 5.95 Å². The zero-order valence-corrected chi connectivity index (χ0v) is 18.6. The molecule has 1 aliphatic heterocycles. The van der Waals surface area contributed by atoms with E-state index in [1.165, 1.54) is 12.8 Å². The normalized spacial score (nSPS) is 21.5. The van der Waals surface area contributed by atoms with Crippen molar-refractivity contribution >= 4 is 29.4 Å². The monoisotopic (exact) mass is 440 g/mol. The van der Waals surface area contributed by atoms with Gasteiger partial charge in [-0.3, -0.25) is 14.9 Å². The van der Waals surface area contributed by atoms with Crippen LogP contribution >= 0.6 is 11.6 Å². The lowest BCUT2D eigenvalue weighted by Gasteiger charge is -2.31. The van der Waals surface area contributed by atoms with Crippen LogP contribution in [0.15, 0.2) is 42.6 Å². The van der Waals surface area contributed by atoms with Crippen LogP contribution in [-0.2, 0) is 16.6 Å². The van der Waals surface area contributed by atoms with Crippen molar-refractivity contribution in [2.24, 2.45) is 18.9 Å². The Labute approximate surface area is 188 Å². The number of rotatable bonds is 4. The van der Waals surface area contributed by atoms with Crippen LogP contribution in [0.25, 0.3) is 11.3 Å². The maximum absolute atomic E-state index is 13.2. The van der Waals surface area contributed by atoms with Crippen molar-refractivity contribution in [3.8, 4) is 11.3 Å². The van der Waals surface area contributed by atoms with E-state index in [0.29, 0.717) is 23.8 Å². The second-order valence-corrected chi connectivity index (χ2v) is 8.86. The number of carbonyl (C=O) groups excluding carboxylic acids is 2. The molecule has 2 amide bonds. The van der Waals surface area contributed by atoms with Crippen molar-refractivity contribution in [1.29, 1.82) is 0 Å². The number of amides is 2. The molecule has 7 heteroatoms. The van der Waals surface area contributed by atoms with Gasteiger partial charge in [-0.25, -0.2) is 4.98 Å². The highest BCUT2D eigenvalue weighted by atomic mass is 35.5. The van der Waals surface area contributed by atoms with Crippen molar-refractivity contribution < 1.29 is 9.59 Å². The van der Waals surface area contributed by atoms with Gasteiger partial charge in [0.1, 0.15) is 0 Å². The van der Waals surface area contributed by atoms with Gasteiger partial charge in [-0.15, -0.1) is 0 Å². The van der Waals surface area contributed by atoms with E-state index in [4.69, 9.17) is 11.6 Å². The second kappa shape index (κ2) is 9.69. The highest BCUT2D eigenvalue weighted by molar-refractivity contribution is 6.30. The lowest BCUT2D eigenvalue weighted by molar-refractivity contribution is -0.140. The third-order valence-corrected chi connectivity index (χ3v) is 6.58. The van der Waals surface area contributed by atoms with Gasteiger partial charge in [-0.05, 0) is 37.8 Å². The number of anilines is 1. The molecule has 1 fully saturated rings. The molecule has 2 heterocycles. The molecule has 4 rings (SSSR count). The number of aromatic nitrogens is 2. The first-order valence-electron chi connectivity index (χ1n) is 11.1. The Morgan fingerprint density at radius 2 is 1.77 bits per heavy atom. The third kappa shape index (κ3) is 4.85. The average molecular weight is 441 g/mol. The largest absolute Gasteiger partial charge is 0.342 e. The minimum atomic E-state index is -0.382. The number of likely N-dealkylation sites (tertiary alicyclic amines) is 1. The molecule has 0 spiro atoms. The Morgan fingerprint density at radius 1 is 1.06 bits per heavy atom. The standard InChI is InChI=1S/C24H29ClN4O2/c1-28-21(17-9-8-10-18(25)15-17)16-26-24(28)27-22(30)19-11-4-5-12-20(19)23(31)29-13-6-2-3-7-14-29/h4-5,8-10,15-16,19-20H,2-3,6-7,11-14H2,1H3,(H,26,27,30). The third-order valence-electron chi connectivity index (χ3n) is 6.35. The van der Waals surface area contributed by atoms with Crippen LogP contribution < -0.4 is 5.32 Å². The number of allylic oxidation sites excluding steroid dienone is 2. The average Bonchev–Trinajstić information content (AvgIpc) is 2.97. The fourth-order valence-corrected chi connectivity index (χ4v) is 4.74. The summed E-state index contributed by atoms with van der Waals surface area (Å²) in [5, 5.41) is 3.61. The predicted molar refractivity (Wildman–Crippen MR) is 123 cm³/mol. The summed E-state index contributed by atoms with van der Waals surface area (Å²) < 4.78 is 1.84. The van der Waals surface area contributed by atoms with Gasteiger partial charge < -0.3 is 9.47 Å². The highest BCUT2D eigenvalue weighted by Crippen LogP contribution is 2.30.